The van der Waals surface area contributed by atoms with E-state index in [1.54, 1.807) is 31.4 Å². The van der Waals surface area contributed by atoms with Gasteiger partial charge in [0.25, 0.3) is 11.1 Å². The molecular formula is C13H13NO4S. The lowest BCUT2D eigenvalue weighted by Crippen LogP contribution is -2.18. The second kappa shape index (κ2) is 5.71. The van der Waals surface area contributed by atoms with Crippen molar-refractivity contribution >= 4 is 29.4 Å². The molecule has 19 heavy (non-hydrogen) atoms. The number of amides is 1. The summed E-state index contributed by atoms with van der Waals surface area (Å²) < 4.78 is 15.7. The van der Waals surface area contributed by atoms with Gasteiger partial charge < -0.3 is 14.2 Å². The van der Waals surface area contributed by atoms with Gasteiger partial charge in [-0.1, -0.05) is 6.07 Å². The molecule has 1 aliphatic heterocycles. The molecular weight excluding hydrogens is 266 g/mol. The average Bonchev–Trinajstić information content (AvgIpc) is 2.70. The Morgan fingerprint density at radius 2 is 2.21 bits per heavy atom. The fourth-order valence-corrected chi connectivity index (χ4v) is 1.80. The quantitative estimate of drug-likeness (QED) is 0.673. The maximum Gasteiger partial charge on any atom is 0.294 e. The second-order valence-electron chi connectivity index (χ2n) is 3.70. The van der Waals surface area contributed by atoms with Crippen LogP contribution in [-0.4, -0.2) is 24.8 Å². The summed E-state index contributed by atoms with van der Waals surface area (Å²) in [5.41, 5.74) is 0.759. The molecule has 0 bridgehead atoms. The number of carbonyl (C=O) groups excluding carboxylic acids is 1. The lowest BCUT2D eigenvalue weighted by atomic mass is 10.1. The summed E-state index contributed by atoms with van der Waals surface area (Å²) in [5, 5.41) is 2.46. The van der Waals surface area contributed by atoms with Gasteiger partial charge in [0.1, 0.15) is 0 Å². The van der Waals surface area contributed by atoms with Crippen LogP contribution in [0, 0.1) is 0 Å². The van der Waals surface area contributed by atoms with Gasteiger partial charge in [0, 0.05) is 0 Å². The van der Waals surface area contributed by atoms with Crippen LogP contribution >= 0.6 is 12.2 Å². The largest absolute Gasteiger partial charge is 0.493 e. The first-order valence-corrected chi connectivity index (χ1v) is 6.10. The Kier molecular flexibility index (Phi) is 4.01. The molecule has 100 valence electrons. The van der Waals surface area contributed by atoms with Crippen LogP contribution in [0.2, 0.25) is 0 Å². The highest BCUT2D eigenvalue weighted by Gasteiger charge is 2.23. The van der Waals surface area contributed by atoms with E-state index in [9.17, 15) is 4.79 Å². The molecule has 1 aliphatic rings. The van der Waals surface area contributed by atoms with Gasteiger partial charge >= 0.3 is 0 Å². The summed E-state index contributed by atoms with van der Waals surface area (Å²) in [6, 6.07) is 5.34. The molecule has 6 heteroatoms. The Morgan fingerprint density at radius 3 is 2.79 bits per heavy atom. The van der Waals surface area contributed by atoms with Crippen LogP contribution in [-0.2, 0) is 9.53 Å². The highest BCUT2D eigenvalue weighted by atomic mass is 32.1. The number of ether oxygens (including phenoxy) is 3. The Bertz CT molecular complexity index is 554. The third-order valence-corrected chi connectivity index (χ3v) is 2.61. The van der Waals surface area contributed by atoms with E-state index >= 15 is 0 Å². The van der Waals surface area contributed by atoms with Crippen LogP contribution in [0.25, 0.3) is 6.08 Å². The predicted octanol–water partition coefficient (Wildman–Crippen LogP) is 1.87. The van der Waals surface area contributed by atoms with E-state index in [2.05, 4.69) is 5.32 Å². The first-order valence-electron chi connectivity index (χ1n) is 5.69. The molecule has 1 N–H and O–H groups in total. The minimum Gasteiger partial charge on any atom is -0.493 e. The first kappa shape index (κ1) is 13.4. The van der Waals surface area contributed by atoms with E-state index in [1.165, 1.54) is 0 Å². The van der Waals surface area contributed by atoms with Crippen molar-refractivity contribution in [2.45, 2.75) is 6.92 Å². The van der Waals surface area contributed by atoms with Crippen molar-refractivity contribution in [3.63, 3.8) is 0 Å². The monoisotopic (exact) mass is 279 g/mol. The van der Waals surface area contributed by atoms with E-state index < -0.39 is 0 Å². The first-order chi connectivity index (χ1) is 9.13. The zero-order valence-corrected chi connectivity index (χ0v) is 11.4. The van der Waals surface area contributed by atoms with Crippen molar-refractivity contribution < 1.29 is 19.0 Å². The normalized spacial score (nSPS) is 16.2. The maximum atomic E-state index is 11.5. The predicted molar refractivity (Wildman–Crippen MR) is 74.0 cm³/mol. The van der Waals surface area contributed by atoms with Crippen molar-refractivity contribution in [1.82, 2.24) is 5.32 Å². The van der Waals surface area contributed by atoms with Crippen molar-refractivity contribution in [1.29, 1.82) is 0 Å². The molecule has 1 saturated heterocycles. The molecule has 5 nitrogen and oxygen atoms in total. The van der Waals surface area contributed by atoms with E-state index in [4.69, 9.17) is 26.4 Å². The number of benzene rings is 1. The molecule has 1 fully saturated rings. The minimum absolute atomic E-state index is 0.0640. The highest BCUT2D eigenvalue weighted by Crippen LogP contribution is 2.29. The molecule has 1 aromatic carbocycles. The molecule has 0 aliphatic carbocycles. The minimum atomic E-state index is -0.349. The standard InChI is InChI=1S/C13H13NO4S/c1-3-17-9-5-4-8(6-10(9)16-2)7-11-12(15)14-13(19)18-11/h4-7H,3H2,1-2H3,(H,14,15,19). The van der Waals surface area contributed by atoms with Gasteiger partial charge in [-0.25, -0.2) is 0 Å². The fraction of sp³-hybridized carbons (Fsp3) is 0.231. The number of rotatable bonds is 4. The zero-order chi connectivity index (χ0) is 13.8. The fourth-order valence-electron chi connectivity index (χ4n) is 1.62. The smallest absolute Gasteiger partial charge is 0.294 e. The van der Waals surface area contributed by atoms with Crippen LogP contribution in [0.15, 0.2) is 24.0 Å². The summed E-state index contributed by atoms with van der Waals surface area (Å²) in [7, 11) is 1.56. The number of hydrogen-bond donors (Lipinski definition) is 1. The summed E-state index contributed by atoms with van der Waals surface area (Å²) in [4.78, 5) is 11.5. The molecule has 1 amide bonds. The molecule has 1 heterocycles. The summed E-state index contributed by atoms with van der Waals surface area (Å²) in [5.74, 6) is 1.06. The van der Waals surface area contributed by atoms with Crippen LogP contribution < -0.4 is 14.8 Å². The summed E-state index contributed by atoms with van der Waals surface area (Å²) in [6.45, 7) is 2.45. The Labute approximate surface area is 116 Å². The Balaban J connectivity index is 2.29. The molecule has 0 spiro atoms. The van der Waals surface area contributed by atoms with E-state index in [0.717, 1.165) is 5.56 Å². The second-order valence-corrected chi connectivity index (χ2v) is 4.07. The van der Waals surface area contributed by atoms with Gasteiger partial charge in [0.05, 0.1) is 13.7 Å². The SMILES string of the molecule is CCOc1ccc(C=C2OC(=S)NC2=O)cc1OC. The topological polar surface area (TPSA) is 56.8 Å². The average molecular weight is 279 g/mol. The molecule has 0 unspecified atom stereocenters. The third kappa shape index (κ3) is 3.03. The number of thiocarbonyl (C=S) groups is 1. The van der Waals surface area contributed by atoms with E-state index in [0.29, 0.717) is 18.1 Å². The van der Waals surface area contributed by atoms with Gasteiger partial charge in [-0.3, -0.25) is 10.1 Å². The van der Waals surface area contributed by atoms with Gasteiger partial charge in [0.2, 0.25) is 0 Å². The van der Waals surface area contributed by atoms with Gasteiger partial charge in [-0.2, -0.15) is 0 Å². The molecule has 2 rings (SSSR count). The van der Waals surface area contributed by atoms with Crippen molar-refractivity contribution in [3.8, 4) is 11.5 Å². The summed E-state index contributed by atoms with van der Waals surface area (Å²) in [6.07, 6.45) is 1.59. The van der Waals surface area contributed by atoms with Gasteiger partial charge in [-0.15, -0.1) is 0 Å². The number of methoxy groups -OCH3 is 1. The molecule has 1 aromatic rings. The van der Waals surface area contributed by atoms with Crippen LogP contribution in [0.4, 0.5) is 0 Å². The molecule has 0 saturated carbocycles. The van der Waals surface area contributed by atoms with Crippen molar-refractivity contribution in [3.05, 3.63) is 29.5 Å². The van der Waals surface area contributed by atoms with Crippen LogP contribution in [0.1, 0.15) is 12.5 Å². The lowest BCUT2D eigenvalue weighted by Gasteiger charge is -2.09. The number of nitrogens with one attached hydrogen (secondary N) is 1. The Morgan fingerprint density at radius 1 is 1.42 bits per heavy atom. The van der Waals surface area contributed by atoms with Crippen molar-refractivity contribution in [2.24, 2.45) is 0 Å². The van der Waals surface area contributed by atoms with Crippen molar-refractivity contribution in [2.75, 3.05) is 13.7 Å². The molecule has 0 atom stereocenters. The third-order valence-electron chi connectivity index (χ3n) is 2.43. The zero-order valence-electron chi connectivity index (χ0n) is 10.6. The van der Waals surface area contributed by atoms with Crippen LogP contribution in [0.3, 0.4) is 0 Å². The summed E-state index contributed by atoms with van der Waals surface area (Å²) >= 11 is 4.75. The number of carbonyl (C=O) groups is 1. The van der Waals surface area contributed by atoms with E-state index in [1.807, 2.05) is 6.92 Å². The highest BCUT2D eigenvalue weighted by molar-refractivity contribution is 7.80. The van der Waals surface area contributed by atoms with Gasteiger partial charge in [-0.05, 0) is 42.9 Å². The number of hydrogen-bond acceptors (Lipinski definition) is 5. The van der Waals surface area contributed by atoms with Gasteiger partial charge in [0.15, 0.2) is 17.3 Å². The Hall–Kier alpha value is -2.08. The molecule has 0 radical (unpaired) electrons. The maximum absolute atomic E-state index is 11.5. The van der Waals surface area contributed by atoms with E-state index in [-0.39, 0.29) is 16.8 Å². The molecule has 0 aromatic heterocycles. The lowest BCUT2D eigenvalue weighted by molar-refractivity contribution is -0.116. The van der Waals surface area contributed by atoms with Crippen LogP contribution in [0.5, 0.6) is 11.5 Å².